The molecule has 5 aromatic rings. The number of nitrogens with one attached hydrogen (secondary N) is 14. The number of para-hydroxylation sites is 1. The largest absolute Gasteiger partial charge is 0.394 e. The number of Topliss-reactive ketones (excluding diaryl/α,β-unsaturated/α-hetero) is 2. The molecule has 1 aliphatic heterocycles. The first-order chi connectivity index (χ1) is 53.2. The lowest BCUT2D eigenvalue weighted by molar-refractivity contribution is -0.138. The number of amides is 11. The summed E-state index contributed by atoms with van der Waals surface area (Å²) in [4.78, 5) is 204. The highest BCUT2D eigenvalue weighted by Crippen LogP contribution is 2.21. The quantitative estimate of drug-likeness (QED) is 0.00983. The molecule has 3 unspecified atom stereocenters. The number of thiol groups is 1. The number of hydrogen-bond acceptors (Lipinski definition) is 23. The van der Waals surface area contributed by atoms with E-state index in [1.807, 2.05) is 0 Å². The van der Waals surface area contributed by atoms with Gasteiger partial charge in [-0.3, -0.25) is 67.6 Å². The van der Waals surface area contributed by atoms with E-state index in [1.54, 1.807) is 121 Å². The fourth-order valence-corrected chi connectivity index (χ4v) is 12.6. The lowest BCUT2D eigenvalue weighted by atomic mass is 9.98. The summed E-state index contributed by atoms with van der Waals surface area (Å²) in [7, 11) is 0. The van der Waals surface area contributed by atoms with Gasteiger partial charge in [0, 0.05) is 55.0 Å². The number of aliphatic hydroxyl groups is 3. The van der Waals surface area contributed by atoms with Crippen molar-refractivity contribution in [3.05, 3.63) is 144 Å². The molecule has 1 fully saturated rings. The lowest BCUT2D eigenvalue weighted by Crippen LogP contribution is -2.63. The van der Waals surface area contributed by atoms with Crippen molar-refractivity contribution in [3.63, 3.8) is 0 Å². The molecule has 0 spiro atoms. The minimum atomic E-state index is -1.94. The summed E-state index contributed by atoms with van der Waals surface area (Å²) in [6.45, 7) is 2.42. The molecule has 6 rings (SSSR count). The molecule has 35 heteroatoms. The van der Waals surface area contributed by atoms with Crippen molar-refractivity contribution in [3.8, 4) is 0 Å². The van der Waals surface area contributed by atoms with Gasteiger partial charge in [0.1, 0.15) is 60.7 Å². The number of ketones is 2. The fourth-order valence-electron chi connectivity index (χ4n) is 12.3. The first-order valence-electron chi connectivity index (χ1n) is 36.9. The Kier molecular flexibility index (Phi) is 37.4. The van der Waals surface area contributed by atoms with Crippen LogP contribution in [0.25, 0.3) is 10.9 Å². The maximum atomic E-state index is 15.4. The number of nitrogens with two attached hydrogens (primary N) is 3. The summed E-state index contributed by atoms with van der Waals surface area (Å²) in [5.41, 5.74) is 25.4. The monoisotopic (exact) mass is 1560 g/mol. The molecule has 602 valence electrons. The first kappa shape index (κ1) is 89.5. The van der Waals surface area contributed by atoms with Crippen molar-refractivity contribution in [1.29, 1.82) is 0 Å². The number of aldehydes is 1. The van der Waals surface area contributed by atoms with Gasteiger partial charge >= 0.3 is 0 Å². The average Bonchev–Trinajstić information content (AvgIpc) is 1.79. The molecule has 2 heterocycles. The Morgan fingerprint density at radius 3 is 1.37 bits per heavy atom. The van der Waals surface area contributed by atoms with Crippen molar-refractivity contribution in [2.75, 3.05) is 32.0 Å². The SMILES string of the molecule is CC(O)[C@@H]1NC(=O)[C@H](Cc2ccccc2)NC(=O)[C@H](C(C)O)NC(=O)[C@H](CCCCN)NC(=O)[C@H](Cc2c[nH]c3ccccc23)NC(=O)[C@H](Cc2ccccc2)NC(=O)[C@H](Cc2ccccc2)NC(=O)[C@H](CC(N)=O)NC(=O)[C@H](CCCCN)NC(C(=O)CNN[C@@H](C)C=O)CCC(=O)[C@H](CS)NC(=O)[C@H](CO)NC1=O. The van der Waals surface area contributed by atoms with Gasteiger partial charge in [0.05, 0.1) is 55.9 Å². The van der Waals surface area contributed by atoms with Gasteiger partial charge in [-0.05, 0) is 101 Å². The van der Waals surface area contributed by atoms with Crippen LogP contribution < -0.4 is 86.5 Å². The highest BCUT2D eigenvalue weighted by Gasteiger charge is 2.40. The molecule has 1 aromatic heterocycles. The summed E-state index contributed by atoms with van der Waals surface area (Å²) in [5.74, 6) is -13.6. The molecule has 1 saturated heterocycles. The van der Waals surface area contributed by atoms with E-state index in [4.69, 9.17) is 17.2 Å². The molecule has 4 aromatic carbocycles. The summed E-state index contributed by atoms with van der Waals surface area (Å²) < 4.78 is 0. The van der Waals surface area contributed by atoms with E-state index in [9.17, 15) is 68.1 Å². The van der Waals surface area contributed by atoms with Gasteiger partial charge in [0.2, 0.25) is 65.0 Å². The number of aromatic amines is 1. The number of unbranched alkanes of at least 4 members (excludes halogenated alkanes) is 2. The van der Waals surface area contributed by atoms with Gasteiger partial charge in [0.15, 0.2) is 11.6 Å². The Bertz CT molecular complexity index is 3930. The third kappa shape index (κ3) is 29.1. The number of carbonyl (C=O) groups excluding carboxylic acids is 14. The second-order valence-corrected chi connectivity index (χ2v) is 27.7. The second-order valence-electron chi connectivity index (χ2n) is 27.3. The van der Waals surface area contributed by atoms with Crippen LogP contribution in [0, 0.1) is 0 Å². The Balaban J connectivity index is 1.48. The second kappa shape index (κ2) is 46.3. The standard InChI is InChI=1S/C76H105N17O17S/c1-43(40-94)93-81-39-63(99)52-29-30-62(98)61(42-111)90-74(108)60(41-95)89-76(110)66(45(3)97)92-73(107)57(35-48-23-11-6-12-24-48)88-75(109)65(44(2)96)91-68(102)54(28-16-18-32-78)83-71(105)58(36-49-38-80-51-26-14-13-25-50(49)51)86-70(104)56(34-47-21-9-5-10-22-47)84-69(103)55(33-46-19-7-4-8-20-46)85-72(106)59(37-64(79)100)87-67(101)53(82-52)27-15-17-31-77/h4-14,19-26,38,40,43-45,52-61,65-66,80-82,93,95-97,111H,15-18,27-37,39,41-42,77-78H2,1-3H3,(H2,79,100)(H,83,105)(H,84,103)(H,85,106)(H,86,104)(H,87,101)(H,88,109)(H,89,110)(H,90,108)(H,91,102)(H,92,107)/t43-,44?,45?,52?,53-,54-,55-,56-,57-,58-,59-,60-,61-,65-,66-/m0/s1. The summed E-state index contributed by atoms with van der Waals surface area (Å²) in [6.07, 6.45) is -3.30. The number of benzene rings is 4. The topological polar surface area (TPSA) is 550 Å². The third-order valence-corrected chi connectivity index (χ3v) is 18.8. The van der Waals surface area contributed by atoms with Crippen molar-refractivity contribution in [2.24, 2.45) is 17.2 Å². The Morgan fingerprint density at radius 2 is 0.901 bits per heavy atom. The summed E-state index contributed by atoms with van der Waals surface area (Å²) in [6, 6.07) is 11.3. The molecule has 23 N–H and O–H groups in total. The minimum absolute atomic E-state index is 0.0865. The van der Waals surface area contributed by atoms with Crippen molar-refractivity contribution in [2.45, 2.75) is 195 Å². The number of hydrazine groups is 1. The number of H-pyrrole nitrogens is 1. The lowest BCUT2D eigenvalue weighted by Gasteiger charge is -2.30. The first-order valence-corrected chi connectivity index (χ1v) is 37.5. The van der Waals surface area contributed by atoms with E-state index in [0.717, 1.165) is 6.92 Å². The molecule has 111 heavy (non-hydrogen) atoms. The molecule has 0 bridgehead atoms. The van der Waals surface area contributed by atoms with Gasteiger partial charge in [-0.15, -0.1) is 0 Å². The summed E-state index contributed by atoms with van der Waals surface area (Å²) in [5, 5.41) is 62.2. The van der Waals surface area contributed by atoms with E-state index in [1.165, 1.54) is 13.8 Å². The van der Waals surface area contributed by atoms with Gasteiger partial charge in [-0.2, -0.15) is 12.6 Å². The van der Waals surface area contributed by atoms with Crippen LogP contribution in [0.1, 0.15) is 101 Å². The van der Waals surface area contributed by atoms with Crippen LogP contribution in [0.3, 0.4) is 0 Å². The van der Waals surface area contributed by atoms with Crippen molar-refractivity contribution < 1.29 is 82.4 Å². The van der Waals surface area contributed by atoms with Crippen LogP contribution in [-0.2, 0) is 92.8 Å². The number of primary amides is 1. The zero-order chi connectivity index (χ0) is 81.1. The number of carbonyl (C=O) groups is 14. The predicted molar refractivity (Wildman–Crippen MR) is 412 cm³/mol. The molecule has 0 saturated carbocycles. The van der Waals surface area contributed by atoms with Gasteiger partial charge in [-0.25, -0.2) is 10.9 Å². The highest BCUT2D eigenvalue weighted by molar-refractivity contribution is 7.80. The maximum Gasteiger partial charge on any atom is 0.245 e. The average molecular weight is 1560 g/mol. The van der Waals surface area contributed by atoms with Crippen LogP contribution >= 0.6 is 12.6 Å². The van der Waals surface area contributed by atoms with E-state index in [0.29, 0.717) is 52.3 Å². The molecular weight excluding hydrogens is 1460 g/mol. The molecule has 11 amide bonds. The molecule has 0 aliphatic carbocycles. The van der Waals surface area contributed by atoms with Crippen LogP contribution in [0.15, 0.2) is 121 Å². The minimum Gasteiger partial charge on any atom is -0.394 e. The zero-order valence-corrected chi connectivity index (χ0v) is 63.1. The fraction of sp³-hybridized carbons (Fsp3) is 0.474. The number of hydrogen-bond donors (Lipinski definition) is 21. The molecule has 34 nitrogen and oxygen atoms in total. The Labute approximate surface area is 648 Å². The predicted octanol–water partition coefficient (Wildman–Crippen LogP) is -3.96. The third-order valence-electron chi connectivity index (χ3n) is 18.5. The maximum absolute atomic E-state index is 15.4. The number of aliphatic hydroxyl groups excluding tert-OH is 3. The van der Waals surface area contributed by atoms with Crippen LogP contribution in [0.5, 0.6) is 0 Å². The Morgan fingerprint density at radius 1 is 0.505 bits per heavy atom. The number of fused-ring (bicyclic) bond motifs is 1. The normalized spacial score (nSPS) is 24.1. The van der Waals surface area contributed by atoms with E-state index >= 15 is 14.4 Å². The molecule has 15 atom stereocenters. The van der Waals surface area contributed by atoms with Crippen molar-refractivity contribution >= 4 is 106 Å². The summed E-state index contributed by atoms with van der Waals surface area (Å²) >= 11 is 4.29. The molecule has 1 aliphatic rings. The van der Waals surface area contributed by atoms with E-state index < -0.39 is 205 Å². The van der Waals surface area contributed by atoms with Gasteiger partial charge in [0.25, 0.3) is 0 Å². The van der Waals surface area contributed by atoms with Gasteiger partial charge < -0.3 is 95.5 Å². The molecular formula is C76H105N17O17S. The van der Waals surface area contributed by atoms with E-state index in [-0.39, 0.29) is 64.5 Å². The highest BCUT2D eigenvalue weighted by atomic mass is 32.1. The number of aromatic nitrogens is 1. The van der Waals surface area contributed by atoms with Crippen LogP contribution in [-0.4, -0.2) is 226 Å². The number of rotatable bonds is 28. The van der Waals surface area contributed by atoms with Crippen LogP contribution in [0.2, 0.25) is 0 Å². The van der Waals surface area contributed by atoms with E-state index in [2.05, 4.69) is 86.9 Å². The Hall–Kier alpha value is -10.4. The zero-order valence-electron chi connectivity index (χ0n) is 62.2. The van der Waals surface area contributed by atoms with Gasteiger partial charge in [-0.1, -0.05) is 116 Å². The molecule has 0 radical (unpaired) electrons. The van der Waals surface area contributed by atoms with Crippen molar-refractivity contribution in [1.82, 2.24) is 74.3 Å². The van der Waals surface area contributed by atoms with Crippen LogP contribution in [0.4, 0.5) is 0 Å². The smallest absolute Gasteiger partial charge is 0.245 e.